The van der Waals surface area contributed by atoms with Crippen molar-refractivity contribution in [2.75, 3.05) is 18.2 Å². The van der Waals surface area contributed by atoms with E-state index in [0.29, 0.717) is 17.9 Å². The predicted molar refractivity (Wildman–Crippen MR) is 78.1 cm³/mol. The molecular formula is C15H16N2O3. The third-order valence-electron chi connectivity index (χ3n) is 2.89. The number of methoxy groups -OCH3 is 1. The SMILES string of the molecule is COc1cccc(CNc2cc(N)ccc2C(=O)O)c1. The van der Waals surface area contributed by atoms with Crippen LogP contribution in [0.3, 0.4) is 0 Å². The van der Waals surface area contributed by atoms with Crippen molar-refractivity contribution >= 4 is 17.3 Å². The van der Waals surface area contributed by atoms with Gasteiger partial charge in [0.05, 0.1) is 18.4 Å². The number of carbonyl (C=O) groups is 1. The number of benzene rings is 2. The zero-order valence-electron chi connectivity index (χ0n) is 11.1. The lowest BCUT2D eigenvalue weighted by atomic mass is 10.1. The van der Waals surface area contributed by atoms with Crippen LogP contribution in [0.4, 0.5) is 11.4 Å². The van der Waals surface area contributed by atoms with E-state index in [0.717, 1.165) is 11.3 Å². The fraction of sp³-hybridized carbons (Fsp3) is 0.133. The molecule has 20 heavy (non-hydrogen) atoms. The first-order valence-corrected chi connectivity index (χ1v) is 6.10. The standard InChI is InChI=1S/C15H16N2O3/c1-20-12-4-2-3-10(7-12)9-17-14-8-11(16)5-6-13(14)15(18)19/h2-8,17H,9,16H2,1H3,(H,18,19). The monoisotopic (exact) mass is 272 g/mol. The van der Waals surface area contributed by atoms with Gasteiger partial charge in [0.25, 0.3) is 0 Å². The maximum atomic E-state index is 11.1. The number of carboxylic acid groups (broad SMARTS) is 1. The van der Waals surface area contributed by atoms with Crippen molar-refractivity contribution in [2.24, 2.45) is 0 Å². The number of hydrogen-bond acceptors (Lipinski definition) is 4. The Morgan fingerprint density at radius 2 is 2.10 bits per heavy atom. The maximum Gasteiger partial charge on any atom is 0.337 e. The van der Waals surface area contributed by atoms with E-state index in [1.165, 1.54) is 6.07 Å². The van der Waals surface area contributed by atoms with Crippen LogP contribution in [0.5, 0.6) is 5.75 Å². The van der Waals surface area contributed by atoms with E-state index in [9.17, 15) is 4.79 Å². The molecule has 2 aromatic rings. The molecule has 0 amide bonds. The van der Waals surface area contributed by atoms with Crippen LogP contribution in [0.1, 0.15) is 15.9 Å². The van der Waals surface area contributed by atoms with Gasteiger partial charge in [-0.2, -0.15) is 0 Å². The highest BCUT2D eigenvalue weighted by molar-refractivity contribution is 5.95. The topological polar surface area (TPSA) is 84.6 Å². The lowest BCUT2D eigenvalue weighted by molar-refractivity contribution is 0.0698. The predicted octanol–water partition coefficient (Wildman–Crippen LogP) is 2.59. The van der Waals surface area contributed by atoms with Crippen molar-refractivity contribution in [2.45, 2.75) is 6.54 Å². The van der Waals surface area contributed by atoms with Gasteiger partial charge in [-0.25, -0.2) is 4.79 Å². The van der Waals surface area contributed by atoms with E-state index in [1.807, 2.05) is 24.3 Å². The molecule has 0 atom stereocenters. The molecule has 5 nitrogen and oxygen atoms in total. The Bertz CT molecular complexity index is 626. The Labute approximate surface area is 117 Å². The van der Waals surface area contributed by atoms with Gasteiger partial charge in [0.15, 0.2) is 0 Å². The quantitative estimate of drug-likeness (QED) is 0.728. The average molecular weight is 272 g/mol. The Kier molecular flexibility index (Phi) is 4.10. The average Bonchev–Trinajstić information content (AvgIpc) is 2.45. The van der Waals surface area contributed by atoms with Crippen LogP contribution >= 0.6 is 0 Å². The van der Waals surface area contributed by atoms with Crippen LogP contribution in [0.2, 0.25) is 0 Å². The summed E-state index contributed by atoms with van der Waals surface area (Å²) in [6.07, 6.45) is 0. The molecule has 5 heteroatoms. The molecule has 4 N–H and O–H groups in total. The molecule has 0 heterocycles. The van der Waals surface area contributed by atoms with Gasteiger partial charge in [-0.3, -0.25) is 0 Å². The summed E-state index contributed by atoms with van der Waals surface area (Å²) in [7, 11) is 1.60. The normalized spacial score (nSPS) is 10.1. The minimum Gasteiger partial charge on any atom is -0.497 e. The summed E-state index contributed by atoms with van der Waals surface area (Å²) < 4.78 is 5.15. The van der Waals surface area contributed by atoms with Crippen molar-refractivity contribution < 1.29 is 14.6 Å². The zero-order valence-corrected chi connectivity index (χ0v) is 11.1. The molecule has 0 aliphatic heterocycles. The Balaban J connectivity index is 2.17. The van der Waals surface area contributed by atoms with Gasteiger partial charge in [0.2, 0.25) is 0 Å². The second kappa shape index (κ2) is 5.97. The molecule has 2 rings (SSSR count). The molecule has 0 aromatic heterocycles. The fourth-order valence-corrected chi connectivity index (χ4v) is 1.87. The molecule has 0 fully saturated rings. The largest absolute Gasteiger partial charge is 0.497 e. The van der Waals surface area contributed by atoms with Gasteiger partial charge in [-0.15, -0.1) is 0 Å². The maximum absolute atomic E-state index is 11.1. The molecule has 0 saturated heterocycles. The molecular weight excluding hydrogens is 256 g/mol. The summed E-state index contributed by atoms with van der Waals surface area (Å²) >= 11 is 0. The number of rotatable bonds is 5. The molecule has 0 unspecified atom stereocenters. The van der Waals surface area contributed by atoms with Crippen LogP contribution in [0, 0.1) is 0 Å². The number of hydrogen-bond donors (Lipinski definition) is 3. The second-order valence-electron chi connectivity index (χ2n) is 4.32. The van der Waals surface area contributed by atoms with Crippen LogP contribution in [0.25, 0.3) is 0 Å². The first-order chi connectivity index (χ1) is 9.60. The highest BCUT2D eigenvalue weighted by atomic mass is 16.5. The van der Waals surface area contributed by atoms with Crippen LogP contribution < -0.4 is 15.8 Å². The minimum absolute atomic E-state index is 0.196. The molecule has 0 bridgehead atoms. The lowest BCUT2D eigenvalue weighted by Crippen LogP contribution is -2.07. The summed E-state index contributed by atoms with van der Waals surface area (Å²) in [5.41, 5.74) is 7.89. The smallest absolute Gasteiger partial charge is 0.337 e. The number of nitrogen functional groups attached to an aromatic ring is 1. The summed E-state index contributed by atoms with van der Waals surface area (Å²) in [6, 6.07) is 12.2. The lowest BCUT2D eigenvalue weighted by Gasteiger charge is -2.11. The van der Waals surface area contributed by atoms with E-state index >= 15 is 0 Å². The van der Waals surface area contributed by atoms with E-state index < -0.39 is 5.97 Å². The number of aromatic carboxylic acids is 1. The van der Waals surface area contributed by atoms with E-state index in [4.69, 9.17) is 15.6 Å². The van der Waals surface area contributed by atoms with Crippen molar-refractivity contribution in [1.82, 2.24) is 0 Å². The zero-order chi connectivity index (χ0) is 14.5. The Hall–Kier alpha value is -2.69. The van der Waals surface area contributed by atoms with Crippen molar-refractivity contribution in [3.63, 3.8) is 0 Å². The third-order valence-corrected chi connectivity index (χ3v) is 2.89. The number of ether oxygens (including phenoxy) is 1. The third kappa shape index (κ3) is 3.20. The highest BCUT2D eigenvalue weighted by Gasteiger charge is 2.10. The van der Waals surface area contributed by atoms with Crippen LogP contribution in [0.15, 0.2) is 42.5 Å². The molecule has 0 aliphatic carbocycles. The first-order valence-electron chi connectivity index (χ1n) is 6.10. The molecule has 0 spiro atoms. The van der Waals surface area contributed by atoms with Gasteiger partial charge >= 0.3 is 5.97 Å². The Morgan fingerprint density at radius 1 is 1.30 bits per heavy atom. The van der Waals surface area contributed by atoms with E-state index in [1.54, 1.807) is 19.2 Å². The molecule has 2 aromatic carbocycles. The van der Waals surface area contributed by atoms with Crippen molar-refractivity contribution in [1.29, 1.82) is 0 Å². The number of carboxylic acids is 1. The summed E-state index contributed by atoms with van der Waals surface area (Å²) in [4.78, 5) is 11.1. The second-order valence-corrected chi connectivity index (χ2v) is 4.32. The number of anilines is 2. The van der Waals surface area contributed by atoms with Gasteiger partial charge in [-0.05, 0) is 35.9 Å². The van der Waals surface area contributed by atoms with Gasteiger partial charge in [0.1, 0.15) is 5.75 Å². The van der Waals surface area contributed by atoms with Crippen LogP contribution in [-0.4, -0.2) is 18.2 Å². The number of nitrogens with one attached hydrogen (secondary N) is 1. The van der Waals surface area contributed by atoms with Gasteiger partial charge in [0, 0.05) is 12.2 Å². The van der Waals surface area contributed by atoms with E-state index in [2.05, 4.69) is 5.32 Å². The first kappa shape index (κ1) is 13.7. The summed E-state index contributed by atoms with van der Waals surface area (Å²) in [5, 5.41) is 12.2. The minimum atomic E-state index is -0.988. The summed E-state index contributed by atoms with van der Waals surface area (Å²) in [6.45, 7) is 0.487. The molecule has 0 radical (unpaired) electrons. The van der Waals surface area contributed by atoms with Crippen molar-refractivity contribution in [3.05, 3.63) is 53.6 Å². The molecule has 0 saturated carbocycles. The van der Waals surface area contributed by atoms with Gasteiger partial charge in [-0.1, -0.05) is 12.1 Å². The van der Waals surface area contributed by atoms with E-state index in [-0.39, 0.29) is 5.56 Å². The summed E-state index contributed by atoms with van der Waals surface area (Å²) in [5.74, 6) is -0.228. The molecule has 0 aliphatic rings. The van der Waals surface area contributed by atoms with Gasteiger partial charge < -0.3 is 20.9 Å². The number of nitrogens with two attached hydrogens (primary N) is 1. The highest BCUT2D eigenvalue weighted by Crippen LogP contribution is 2.21. The van der Waals surface area contributed by atoms with Crippen molar-refractivity contribution in [3.8, 4) is 5.75 Å². The Morgan fingerprint density at radius 3 is 2.80 bits per heavy atom. The fourth-order valence-electron chi connectivity index (χ4n) is 1.87. The molecule has 104 valence electrons. The van der Waals surface area contributed by atoms with Crippen LogP contribution in [-0.2, 0) is 6.54 Å².